The number of benzene rings is 2. The first kappa shape index (κ1) is 24.3. The van der Waals surface area contributed by atoms with Gasteiger partial charge in [-0.05, 0) is 50.2 Å². The van der Waals surface area contributed by atoms with Crippen molar-refractivity contribution in [3.63, 3.8) is 0 Å². The zero-order valence-electron chi connectivity index (χ0n) is 19.6. The summed E-state index contributed by atoms with van der Waals surface area (Å²) in [5.74, 6) is 0.537. The van der Waals surface area contributed by atoms with Gasteiger partial charge in [0, 0.05) is 29.9 Å². The number of hydrogen-bond donors (Lipinski definition) is 3. The molecule has 0 atom stereocenters. The highest BCUT2D eigenvalue weighted by Gasteiger charge is 2.18. The third kappa shape index (κ3) is 5.53. The fraction of sp³-hybridized carbons (Fsp3) is 0.360. The summed E-state index contributed by atoms with van der Waals surface area (Å²) in [5, 5.41) is 13.8. The topological polar surface area (TPSA) is 110 Å². The van der Waals surface area contributed by atoms with E-state index in [-0.39, 0.29) is 12.2 Å². The first-order chi connectivity index (χ1) is 15.9. The van der Waals surface area contributed by atoms with Crippen LogP contribution in [-0.2, 0) is 13.0 Å². The molecular formula is C25H32N4O4. The van der Waals surface area contributed by atoms with Gasteiger partial charge in [0.1, 0.15) is 0 Å². The molecular weight excluding hydrogens is 420 g/mol. The summed E-state index contributed by atoms with van der Waals surface area (Å²) in [7, 11) is 5.61. The van der Waals surface area contributed by atoms with Crippen LogP contribution < -0.4 is 20.5 Å². The molecule has 0 aliphatic heterocycles. The number of pyridine rings is 1. The number of anilines is 2. The van der Waals surface area contributed by atoms with Crippen LogP contribution in [0.5, 0.6) is 11.5 Å². The number of amides is 1. The highest BCUT2D eigenvalue weighted by molar-refractivity contribution is 6.08. The molecule has 0 bridgehead atoms. The number of nitrogens with two attached hydrogens (primary N) is 1. The highest BCUT2D eigenvalue weighted by Crippen LogP contribution is 2.38. The van der Waals surface area contributed by atoms with Gasteiger partial charge >= 0.3 is 0 Å². The summed E-state index contributed by atoms with van der Waals surface area (Å²) < 4.78 is 11.5. The monoisotopic (exact) mass is 452 g/mol. The Labute approximate surface area is 194 Å². The number of methoxy groups -OCH3 is 1. The van der Waals surface area contributed by atoms with Gasteiger partial charge in [-0.2, -0.15) is 0 Å². The van der Waals surface area contributed by atoms with E-state index in [1.165, 1.54) is 6.20 Å². The maximum atomic E-state index is 12.2. The van der Waals surface area contributed by atoms with E-state index in [1.807, 2.05) is 45.3 Å². The number of aromatic nitrogens is 1. The fourth-order valence-electron chi connectivity index (χ4n) is 3.81. The Morgan fingerprint density at radius 2 is 2.03 bits per heavy atom. The fourth-order valence-corrected chi connectivity index (χ4v) is 3.81. The summed E-state index contributed by atoms with van der Waals surface area (Å²) in [6, 6.07) is 9.27. The zero-order valence-corrected chi connectivity index (χ0v) is 19.6. The van der Waals surface area contributed by atoms with Crippen molar-refractivity contribution in [3.05, 3.63) is 53.2 Å². The van der Waals surface area contributed by atoms with Crippen LogP contribution >= 0.6 is 0 Å². The van der Waals surface area contributed by atoms with Gasteiger partial charge in [-0.25, -0.2) is 0 Å². The standard InChI is InChI=1S/C25H32N4O4/c1-5-17-16(15-30)8-6-9-20(17)28-24-18-12-22(32-4)23(33-11-7-10-29(2)3)13-21(18)27-14-19(24)25(26)31/h6,8-9,12-14,30H,5,7,10-11,15H2,1-4H3,(H2,26,31)(H,27,28). The second-order valence-corrected chi connectivity index (χ2v) is 8.02. The summed E-state index contributed by atoms with van der Waals surface area (Å²) in [5.41, 5.74) is 9.70. The second-order valence-electron chi connectivity index (χ2n) is 8.02. The Hall–Kier alpha value is -3.36. The average Bonchev–Trinajstić information content (AvgIpc) is 2.80. The van der Waals surface area contributed by atoms with Crippen LogP contribution in [0.3, 0.4) is 0 Å². The van der Waals surface area contributed by atoms with Gasteiger partial charge in [0.05, 0.1) is 37.1 Å². The largest absolute Gasteiger partial charge is 0.493 e. The molecule has 0 aliphatic rings. The summed E-state index contributed by atoms with van der Waals surface area (Å²) >= 11 is 0. The lowest BCUT2D eigenvalue weighted by Crippen LogP contribution is -2.16. The van der Waals surface area contributed by atoms with Crippen molar-refractivity contribution >= 4 is 28.2 Å². The molecule has 1 aromatic heterocycles. The van der Waals surface area contributed by atoms with E-state index in [0.29, 0.717) is 41.1 Å². The zero-order chi connectivity index (χ0) is 24.0. The molecule has 8 heteroatoms. The quantitative estimate of drug-likeness (QED) is 0.382. The third-order valence-corrected chi connectivity index (χ3v) is 5.48. The maximum absolute atomic E-state index is 12.2. The Morgan fingerprint density at radius 1 is 1.24 bits per heavy atom. The molecule has 3 aromatic rings. The molecule has 0 spiro atoms. The molecule has 0 fully saturated rings. The number of aliphatic hydroxyl groups excluding tert-OH is 1. The van der Waals surface area contributed by atoms with E-state index in [1.54, 1.807) is 13.2 Å². The molecule has 0 aliphatic carbocycles. The molecule has 1 heterocycles. The van der Waals surface area contributed by atoms with Crippen LogP contribution in [0.25, 0.3) is 10.9 Å². The van der Waals surface area contributed by atoms with E-state index >= 15 is 0 Å². The number of aliphatic hydroxyl groups is 1. The molecule has 33 heavy (non-hydrogen) atoms. The molecule has 4 N–H and O–H groups in total. The minimum absolute atomic E-state index is 0.0686. The molecule has 176 valence electrons. The van der Waals surface area contributed by atoms with Gasteiger partial charge in [-0.3, -0.25) is 9.78 Å². The molecule has 0 unspecified atom stereocenters. The summed E-state index contributed by atoms with van der Waals surface area (Å²) in [4.78, 5) is 18.8. The molecule has 2 aromatic carbocycles. The minimum atomic E-state index is -0.591. The molecule has 0 radical (unpaired) electrons. The van der Waals surface area contributed by atoms with E-state index in [0.717, 1.165) is 29.8 Å². The van der Waals surface area contributed by atoms with Crippen molar-refractivity contribution in [1.29, 1.82) is 0 Å². The average molecular weight is 453 g/mol. The van der Waals surface area contributed by atoms with Crippen molar-refractivity contribution in [2.45, 2.75) is 26.4 Å². The third-order valence-electron chi connectivity index (χ3n) is 5.48. The van der Waals surface area contributed by atoms with Crippen LogP contribution in [-0.4, -0.2) is 55.3 Å². The van der Waals surface area contributed by atoms with Crippen molar-refractivity contribution < 1.29 is 19.4 Å². The molecule has 8 nitrogen and oxygen atoms in total. The lowest BCUT2D eigenvalue weighted by molar-refractivity contribution is 0.100. The number of fused-ring (bicyclic) bond motifs is 1. The first-order valence-electron chi connectivity index (χ1n) is 11.0. The number of primary amides is 1. The number of nitrogens with one attached hydrogen (secondary N) is 1. The van der Waals surface area contributed by atoms with Crippen molar-refractivity contribution in [3.8, 4) is 11.5 Å². The van der Waals surface area contributed by atoms with Crippen molar-refractivity contribution in [2.75, 3.05) is 39.7 Å². The van der Waals surface area contributed by atoms with Crippen LogP contribution in [0.1, 0.15) is 34.8 Å². The molecule has 3 rings (SSSR count). The minimum Gasteiger partial charge on any atom is -0.493 e. The smallest absolute Gasteiger partial charge is 0.252 e. The van der Waals surface area contributed by atoms with Gasteiger partial charge in [-0.1, -0.05) is 19.1 Å². The number of ether oxygens (including phenoxy) is 2. The molecule has 1 amide bonds. The lowest BCUT2D eigenvalue weighted by Gasteiger charge is -2.19. The van der Waals surface area contributed by atoms with Gasteiger partial charge in [0.25, 0.3) is 5.91 Å². The van der Waals surface area contributed by atoms with Gasteiger partial charge in [-0.15, -0.1) is 0 Å². The first-order valence-corrected chi connectivity index (χ1v) is 11.0. The van der Waals surface area contributed by atoms with Crippen LogP contribution in [0.15, 0.2) is 36.5 Å². The van der Waals surface area contributed by atoms with Gasteiger partial charge < -0.3 is 30.5 Å². The van der Waals surface area contributed by atoms with Crippen LogP contribution in [0, 0.1) is 0 Å². The molecule has 0 saturated heterocycles. The van der Waals surface area contributed by atoms with E-state index < -0.39 is 5.91 Å². The number of carbonyl (C=O) groups is 1. The Bertz CT molecular complexity index is 1130. The van der Waals surface area contributed by atoms with Gasteiger partial charge in [0.2, 0.25) is 0 Å². The predicted molar refractivity (Wildman–Crippen MR) is 131 cm³/mol. The number of rotatable bonds is 11. The van der Waals surface area contributed by atoms with E-state index in [9.17, 15) is 9.90 Å². The van der Waals surface area contributed by atoms with E-state index in [2.05, 4.69) is 15.2 Å². The maximum Gasteiger partial charge on any atom is 0.252 e. The number of hydrogen-bond acceptors (Lipinski definition) is 7. The normalized spacial score (nSPS) is 11.1. The Kier molecular flexibility index (Phi) is 8.08. The van der Waals surface area contributed by atoms with Crippen LogP contribution in [0.4, 0.5) is 11.4 Å². The van der Waals surface area contributed by atoms with Crippen molar-refractivity contribution in [1.82, 2.24) is 9.88 Å². The Morgan fingerprint density at radius 3 is 2.67 bits per heavy atom. The SMILES string of the molecule is CCc1c(CO)cccc1Nc1c(C(N)=O)cnc2cc(OCCCN(C)C)c(OC)cc12. The highest BCUT2D eigenvalue weighted by atomic mass is 16.5. The number of carbonyl (C=O) groups excluding carboxylic acids is 1. The summed E-state index contributed by atoms with van der Waals surface area (Å²) in [6.45, 7) is 3.40. The number of nitrogens with zero attached hydrogens (tertiary/aromatic N) is 2. The van der Waals surface area contributed by atoms with E-state index in [4.69, 9.17) is 15.2 Å². The lowest BCUT2D eigenvalue weighted by atomic mass is 10.0. The second kappa shape index (κ2) is 11.0. The van der Waals surface area contributed by atoms with Crippen LogP contribution in [0.2, 0.25) is 0 Å². The molecule has 0 saturated carbocycles. The summed E-state index contributed by atoms with van der Waals surface area (Å²) in [6.07, 6.45) is 3.05. The Balaban J connectivity index is 2.08. The van der Waals surface area contributed by atoms with Crippen molar-refractivity contribution in [2.24, 2.45) is 5.73 Å². The predicted octanol–water partition coefficient (Wildman–Crippen LogP) is 3.47. The van der Waals surface area contributed by atoms with Gasteiger partial charge in [0.15, 0.2) is 11.5 Å².